The number of carbonyl (C=O) groups is 5. The van der Waals surface area contributed by atoms with Crippen LogP contribution < -0.4 is 21.7 Å². The molecule has 0 aromatic heterocycles. The maximum atomic E-state index is 12.9. The van der Waals surface area contributed by atoms with E-state index in [1.54, 1.807) is 6.92 Å². The van der Waals surface area contributed by atoms with E-state index in [2.05, 4.69) is 28.6 Å². The molecule has 0 spiro atoms. The van der Waals surface area contributed by atoms with Crippen molar-refractivity contribution in [3.63, 3.8) is 0 Å². The lowest BCUT2D eigenvalue weighted by molar-refractivity contribution is -0.142. The Balaban J connectivity index is 5.43. The molecule has 5 unspecified atom stereocenters. The maximum Gasteiger partial charge on any atom is 0.327 e. The highest BCUT2D eigenvalue weighted by atomic mass is 32.2. The van der Waals surface area contributed by atoms with Crippen LogP contribution in [-0.2, 0) is 24.0 Å². The third-order valence-corrected chi connectivity index (χ3v) is 5.57. The molecule has 0 aliphatic heterocycles. The fourth-order valence-corrected chi connectivity index (χ4v) is 3.19. The third kappa shape index (κ3) is 10.7. The standard InChI is InChI=1S/C18H32N4O7S2/c1-4-9(2)14(17(27)21-12(8-30)18(28)29)22-16(26)11(5-6-31-3)20-15(25)10(19)7-13(23)24/h9-12,14,30H,4-8,19H2,1-3H3,(H,20,25)(H,21,27)(H,22,26)(H,23,24)(H,28,29). The SMILES string of the molecule is CCC(C)C(NC(=O)C(CCSC)NC(=O)C(N)CC(=O)O)C(=O)NC(CS)C(=O)O. The molecule has 5 atom stereocenters. The van der Waals surface area contributed by atoms with Crippen LogP contribution in [0.4, 0.5) is 0 Å². The summed E-state index contributed by atoms with van der Waals surface area (Å²) in [6.45, 7) is 3.53. The average molecular weight is 481 g/mol. The molecular weight excluding hydrogens is 448 g/mol. The molecule has 178 valence electrons. The van der Waals surface area contributed by atoms with Crippen molar-refractivity contribution in [1.82, 2.24) is 16.0 Å². The number of carboxylic acid groups (broad SMARTS) is 2. The van der Waals surface area contributed by atoms with Gasteiger partial charge in [0, 0.05) is 5.75 Å². The summed E-state index contributed by atoms with van der Waals surface area (Å²) in [5.74, 6) is -4.58. The molecule has 0 aliphatic rings. The minimum Gasteiger partial charge on any atom is -0.481 e. The Morgan fingerprint density at radius 1 is 1.00 bits per heavy atom. The summed E-state index contributed by atoms with van der Waals surface area (Å²) >= 11 is 5.34. The second kappa shape index (κ2) is 14.9. The van der Waals surface area contributed by atoms with Crippen molar-refractivity contribution in [2.45, 2.75) is 57.3 Å². The first-order valence-corrected chi connectivity index (χ1v) is 11.7. The molecule has 0 bridgehead atoms. The van der Waals surface area contributed by atoms with Crippen LogP contribution in [0.25, 0.3) is 0 Å². The van der Waals surface area contributed by atoms with Gasteiger partial charge in [0.05, 0.1) is 12.5 Å². The molecule has 0 rings (SSSR count). The molecule has 0 fully saturated rings. The van der Waals surface area contributed by atoms with Gasteiger partial charge in [-0.15, -0.1) is 0 Å². The van der Waals surface area contributed by atoms with Crippen LogP contribution in [0.3, 0.4) is 0 Å². The molecule has 7 N–H and O–H groups in total. The van der Waals surface area contributed by atoms with Gasteiger partial charge in [-0.3, -0.25) is 19.2 Å². The number of thioether (sulfide) groups is 1. The number of carboxylic acids is 2. The highest BCUT2D eigenvalue weighted by Gasteiger charge is 2.32. The van der Waals surface area contributed by atoms with Crippen LogP contribution in [0, 0.1) is 5.92 Å². The smallest absolute Gasteiger partial charge is 0.327 e. The Morgan fingerprint density at radius 2 is 1.58 bits per heavy atom. The molecule has 0 aromatic rings. The maximum absolute atomic E-state index is 12.9. The van der Waals surface area contributed by atoms with Gasteiger partial charge in [-0.1, -0.05) is 20.3 Å². The number of amides is 3. The molecule has 0 radical (unpaired) electrons. The second-order valence-corrected chi connectivity index (χ2v) is 8.35. The van der Waals surface area contributed by atoms with E-state index in [1.807, 2.05) is 13.2 Å². The van der Waals surface area contributed by atoms with Gasteiger partial charge in [0.2, 0.25) is 17.7 Å². The first kappa shape index (κ1) is 29.0. The lowest BCUT2D eigenvalue weighted by Gasteiger charge is -2.27. The van der Waals surface area contributed by atoms with Gasteiger partial charge in [0.25, 0.3) is 0 Å². The van der Waals surface area contributed by atoms with Crippen LogP contribution in [0.2, 0.25) is 0 Å². The first-order chi connectivity index (χ1) is 14.5. The van der Waals surface area contributed by atoms with Crippen LogP contribution in [0.15, 0.2) is 0 Å². The Bertz CT molecular complexity index is 650. The fourth-order valence-electron chi connectivity index (χ4n) is 2.47. The number of thiol groups is 1. The summed E-state index contributed by atoms with van der Waals surface area (Å²) in [5, 5.41) is 25.3. The van der Waals surface area contributed by atoms with Gasteiger partial charge in [-0.05, 0) is 24.3 Å². The highest BCUT2D eigenvalue weighted by Crippen LogP contribution is 2.10. The van der Waals surface area contributed by atoms with Crippen molar-refractivity contribution in [2.24, 2.45) is 11.7 Å². The molecular formula is C18H32N4O7S2. The van der Waals surface area contributed by atoms with Crippen molar-refractivity contribution in [3.05, 3.63) is 0 Å². The minimum atomic E-state index is -1.33. The van der Waals surface area contributed by atoms with Crippen LogP contribution in [0.5, 0.6) is 0 Å². The minimum absolute atomic E-state index is 0.129. The summed E-state index contributed by atoms with van der Waals surface area (Å²) in [4.78, 5) is 59.6. The monoisotopic (exact) mass is 480 g/mol. The number of aliphatic carboxylic acids is 2. The topological polar surface area (TPSA) is 188 Å². The van der Waals surface area contributed by atoms with E-state index in [4.69, 9.17) is 15.9 Å². The Kier molecular flexibility index (Phi) is 14.0. The van der Waals surface area contributed by atoms with Crippen molar-refractivity contribution in [1.29, 1.82) is 0 Å². The van der Waals surface area contributed by atoms with Gasteiger partial charge < -0.3 is 31.9 Å². The van der Waals surface area contributed by atoms with Gasteiger partial charge in [-0.25, -0.2) is 4.79 Å². The summed E-state index contributed by atoms with van der Waals surface area (Å²) in [6, 6.07) is -4.64. The molecule has 0 saturated carbocycles. The predicted molar refractivity (Wildman–Crippen MR) is 120 cm³/mol. The van der Waals surface area contributed by atoms with E-state index in [9.17, 15) is 24.0 Å². The molecule has 0 saturated heterocycles. The average Bonchev–Trinajstić information content (AvgIpc) is 2.71. The van der Waals surface area contributed by atoms with E-state index in [1.165, 1.54) is 11.8 Å². The zero-order chi connectivity index (χ0) is 24.1. The summed E-state index contributed by atoms with van der Waals surface area (Å²) < 4.78 is 0. The molecule has 0 heterocycles. The van der Waals surface area contributed by atoms with Crippen LogP contribution in [0.1, 0.15) is 33.1 Å². The van der Waals surface area contributed by atoms with Crippen molar-refractivity contribution < 1.29 is 34.2 Å². The number of rotatable bonds is 15. The molecule has 13 heteroatoms. The van der Waals surface area contributed by atoms with Crippen LogP contribution >= 0.6 is 24.4 Å². The van der Waals surface area contributed by atoms with E-state index in [0.717, 1.165) is 0 Å². The van der Waals surface area contributed by atoms with Gasteiger partial charge in [0.1, 0.15) is 18.1 Å². The number of nitrogens with one attached hydrogen (secondary N) is 3. The lowest BCUT2D eigenvalue weighted by atomic mass is 9.97. The largest absolute Gasteiger partial charge is 0.481 e. The molecule has 3 amide bonds. The van der Waals surface area contributed by atoms with E-state index < -0.39 is 60.2 Å². The van der Waals surface area contributed by atoms with Crippen molar-refractivity contribution >= 4 is 54.1 Å². The van der Waals surface area contributed by atoms with Gasteiger partial charge in [0.15, 0.2) is 0 Å². The normalized spacial score (nSPS) is 15.6. The summed E-state index contributed by atoms with van der Waals surface area (Å²) in [5.41, 5.74) is 5.56. The summed E-state index contributed by atoms with van der Waals surface area (Å²) in [6.07, 6.45) is 1.96. The van der Waals surface area contributed by atoms with Crippen molar-refractivity contribution in [2.75, 3.05) is 17.8 Å². The van der Waals surface area contributed by atoms with Gasteiger partial charge >= 0.3 is 11.9 Å². The highest BCUT2D eigenvalue weighted by molar-refractivity contribution is 7.98. The number of hydrogen-bond donors (Lipinski definition) is 7. The zero-order valence-electron chi connectivity index (χ0n) is 17.8. The number of nitrogens with two attached hydrogens (primary N) is 1. The molecule has 11 nitrogen and oxygen atoms in total. The Morgan fingerprint density at radius 3 is 2.03 bits per heavy atom. The van der Waals surface area contributed by atoms with Crippen LogP contribution in [-0.4, -0.2) is 81.8 Å². The fraction of sp³-hybridized carbons (Fsp3) is 0.722. The Labute approximate surface area is 191 Å². The Hall–Kier alpha value is -1.99. The molecule has 0 aliphatic carbocycles. The molecule has 0 aromatic carbocycles. The number of hydrogen-bond acceptors (Lipinski definition) is 8. The first-order valence-electron chi connectivity index (χ1n) is 9.69. The number of carbonyl (C=O) groups excluding carboxylic acids is 3. The second-order valence-electron chi connectivity index (χ2n) is 7.00. The lowest BCUT2D eigenvalue weighted by Crippen LogP contribution is -2.59. The van der Waals surface area contributed by atoms with E-state index in [-0.39, 0.29) is 18.1 Å². The third-order valence-electron chi connectivity index (χ3n) is 4.57. The van der Waals surface area contributed by atoms with E-state index >= 15 is 0 Å². The predicted octanol–water partition coefficient (Wildman–Crippen LogP) is -0.944. The van der Waals surface area contributed by atoms with E-state index in [0.29, 0.717) is 12.2 Å². The van der Waals surface area contributed by atoms with Crippen molar-refractivity contribution in [3.8, 4) is 0 Å². The van der Waals surface area contributed by atoms with Gasteiger partial charge in [-0.2, -0.15) is 24.4 Å². The quantitative estimate of drug-likeness (QED) is 0.145. The molecule has 31 heavy (non-hydrogen) atoms. The summed E-state index contributed by atoms with van der Waals surface area (Å²) in [7, 11) is 0. The zero-order valence-corrected chi connectivity index (χ0v) is 19.5.